The van der Waals surface area contributed by atoms with Crippen LogP contribution < -0.4 is 0 Å². The van der Waals surface area contributed by atoms with Crippen LogP contribution in [0.3, 0.4) is 0 Å². The van der Waals surface area contributed by atoms with E-state index < -0.39 is 0 Å². The molecule has 0 amide bonds. The summed E-state index contributed by atoms with van der Waals surface area (Å²) in [6.45, 7) is 4.51. The average molecular weight is 216 g/mol. The molecule has 1 atom stereocenters. The second-order valence-corrected chi connectivity index (χ2v) is 5.97. The standard InChI is InChI=1S/C12H24OS/c1-3-14-9-8-12(13)11-6-4-10(2)5-7-11/h10-13H,3-9H2,1-2H3. The minimum Gasteiger partial charge on any atom is -0.393 e. The van der Waals surface area contributed by atoms with Gasteiger partial charge in [-0.15, -0.1) is 0 Å². The molecule has 0 aromatic carbocycles. The number of rotatable bonds is 5. The van der Waals surface area contributed by atoms with Crippen LogP contribution in [0.25, 0.3) is 0 Å². The van der Waals surface area contributed by atoms with Crippen LogP contribution in [0, 0.1) is 11.8 Å². The van der Waals surface area contributed by atoms with Gasteiger partial charge in [0.1, 0.15) is 0 Å². The quantitative estimate of drug-likeness (QED) is 0.711. The van der Waals surface area contributed by atoms with Crippen molar-refractivity contribution < 1.29 is 5.11 Å². The fourth-order valence-electron chi connectivity index (χ4n) is 2.25. The lowest BCUT2D eigenvalue weighted by Gasteiger charge is -2.29. The third-order valence-corrected chi connectivity index (χ3v) is 4.30. The van der Waals surface area contributed by atoms with Crippen molar-refractivity contribution in [2.24, 2.45) is 11.8 Å². The van der Waals surface area contributed by atoms with Crippen LogP contribution in [0.2, 0.25) is 0 Å². The predicted octanol–water partition coefficient (Wildman–Crippen LogP) is 3.32. The highest BCUT2D eigenvalue weighted by molar-refractivity contribution is 7.99. The number of aliphatic hydroxyl groups is 1. The molecule has 0 radical (unpaired) electrons. The Hall–Kier alpha value is 0.310. The van der Waals surface area contributed by atoms with E-state index in [1.807, 2.05) is 11.8 Å². The van der Waals surface area contributed by atoms with Crippen LogP contribution in [0.1, 0.15) is 46.0 Å². The number of hydrogen-bond donors (Lipinski definition) is 1. The largest absolute Gasteiger partial charge is 0.393 e. The van der Waals surface area contributed by atoms with E-state index in [9.17, 15) is 5.11 Å². The van der Waals surface area contributed by atoms with Crippen molar-refractivity contribution in [3.05, 3.63) is 0 Å². The first-order chi connectivity index (χ1) is 6.74. The van der Waals surface area contributed by atoms with Crippen molar-refractivity contribution in [3.63, 3.8) is 0 Å². The molecule has 0 heterocycles. The Kier molecular flexibility index (Phi) is 5.95. The zero-order valence-corrected chi connectivity index (χ0v) is 10.4. The van der Waals surface area contributed by atoms with Gasteiger partial charge < -0.3 is 5.11 Å². The molecular weight excluding hydrogens is 192 g/mol. The Balaban J connectivity index is 2.13. The smallest absolute Gasteiger partial charge is 0.0576 e. The van der Waals surface area contributed by atoms with Gasteiger partial charge in [0.2, 0.25) is 0 Å². The topological polar surface area (TPSA) is 20.2 Å². The molecule has 0 saturated heterocycles. The summed E-state index contributed by atoms with van der Waals surface area (Å²) in [7, 11) is 0. The summed E-state index contributed by atoms with van der Waals surface area (Å²) in [4.78, 5) is 0. The van der Waals surface area contributed by atoms with E-state index in [0.29, 0.717) is 5.92 Å². The lowest BCUT2D eigenvalue weighted by molar-refractivity contribution is 0.0737. The van der Waals surface area contributed by atoms with Gasteiger partial charge in [0.15, 0.2) is 0 Å². The Bertz CT molecular complexity index is 141. The van der Waals surface area contributed by atoms with Crippen LogP contribution in [0.4, 0.5) is 0 Å². The molecule has 2 heteroatoms. The van der Waals surface area contributed by atoms with Gasteiger partial charge in [0, 0.05) is 0 Å². The third kappa shape index (κ3) is 4.22. The summed E-state index contributed by atoms with van der Waals surface area (Å²) in [5, 5.41) is 9.97. The molecule has 14 heavy (non-hydrogen) atoms. The molecule has 0 bridgehead atoms. The van der Waals surface area contributed by atoms with E-state index in [1.54, 1.807) is 0 Å². The number of thioether (sulfide) groups is 1. The molecule has 0 aromatic rings. The molecule has 1 aliphatic rings. The second-order valence-electron chi connectivity index (χ2n) is 4.57. The summed E-state index contributed by atoms with van der Waals surface area (Å²) < 4.78 is 0. The first-order valence-electron chi connectivity index (χ1n) is 5.99. The fraction of sp³-hybridized carbons (Fsp3) is 1.00. The highest BCUT2D eigenvalue weighted by Gasteiger charge is 2.23. The van der Waals surface area contributed by atoms with Gasteiger partial charge in [-0.2, -0.15) is 11.8 Å². The first kappa shape index (κ1) is 12.4. The van der Waals surface area contributed by atoms with Crippen LogP contribution in [-0.2, 0) is 0 Å². The number of aliphatic hydroxyl groups excluding tert-OH is 1. The van der Waals surface area contributed by atoms with E-state index >= 15 is 0 Å². The zero-order chi connectivity index (χ0) is 10.4. The van der Waals surface area contributed by atoms with Crippen molar-refractivity contribution in [1.82, 2.24) is 0 Å². The summed E-state index contributed by atoms with van der Waals surface area (Å²) in [5.41, 5.74) is 0. The van der Waals surface area contributed by atoms with E-state index in [0.717, 1.165) is 18.1 Å². The molecule has 1 nitrogen and oxygen atoms in total. The van der Waals surface area contributed by atoms with E-state index in [-0.39, 0.29) is 6.10 Å². The molecule has 1 saturated carbocycles. The van der Waals surface area contributed by atoms with Gasteiger partial charge in [-0.1, -0.05) is 26.7 Å². The summed E-state index contributed by atoms with van der Waals surface area (Å²) >= 11 is 1.94. The molecule has 1 aliphatic carbocycles. The van der Waals surface area contributed by atoms with E-state index in [4.69, 9.17) is 0 Å². The molecule has 0 aliphatic heterocycles. The first-order valence-corrected chi connectivity index (χ1v) is 7.15. The van der Waals surface area contributed by atoms with Crippen molar-refractivity contribution in [2.75, 3.05) is 11.5 Å². The monoisotopic (exact) mass is 216 g/mol. The van der Waals surface area contributed by atoms with Crippen molar-refractivity contribution >= 4 is 11.8 Å². The predicted molar refractivity (Wildman–Crippen MR) is 64.7 cm³/mol. The molecule has 1 rings (SSSR count). The fourth-order valence-corrected chi connectivity index (χ4v) is 2.95. The van der Waals surface area contributed by atoms with Crippen LogP contribution in [-0.4, -0.2) is 22.7 Å². The SMILES string of the molecule is CCSCCC(O)C1CCC(C)CC1. The van der Waals surface area contributed by atoms with Gasteiger partial charge in [-0.3, -0.25) is 0 Å². The highest BCUT2D eigenvalue weighted by atomic mass is 32.2. The van der Waals surface area contributed by atoms with Gasteiger partial charge in [-0.05, 0) is 42.6 Å². The zero-order valence-electron chi connectivity index (χ0n) is 9.54. The van der Waals surface area contributed by atoms with E-state index in [1.165, 1.54) is 31.4 Å². The van der Waals surface area contributed by atoms with Crippen molar-refractivity contribution in [3.8, 4) is 0 Å². The van der Waals surface area contributed by atoms with Crippen molar-refractivity contribution in [2.45, 2.75) is 52.1 Å². The molecule has 0 spiro atoms. The van der Waals surface area contributed by atoms with Gasteiger partial charge in [0.25, 0.3) is 0 Å². The van der Waals surface area contributed by atoms with Gasteiger partial charge >= 0.3 is 0 Å². The average Bonchev–Trinajstić information content (AvgIpc) is 2.19. The normalized spacial score (nSPS) is 30.2. The molecule has 0 aromatic heterocycles. The molecule has 1 unspecified atom stereocenters. The highest BCUT2D eigenvalue weighted by Crippen LogP contribution is 2.31. The Morgan fingerprint density at radius 1 is 1.29 bits per heavy atom. The Morgan fingerprint density at radius 2 is 1.93 bits per heavy atom. The minimum atomic E-state index is -0.0263. The maximum absolute atomic E-state index is 9.97. The number of hydrogen-bond acceptors (Lipinski definition) is 2. The van der Waals surface area contributed by atoms with Crippen molar-refractivity contribution in [1.29, 1.82) is 0 Å². The van der Waals surface area contributed by atoms with Gasteiger partial charge in [0.05, 0.1) is 6.10 Å². The lowest BCUT2D eigenvalue weighted by atomic mass is 9.80. The molecule has 84 valence electrons. The Morgan fingerprint density at radius 3 is 2.50 bits per heavy atom. The molecular formula is C12H24OS. The van der Waals surface area contributed by atoms with Crippen LogP contribution in [0.5, 0.6) is 0 Å². The Labute approximate surface area is 92.7 Å². The van der Waals surface area contributed by atoms with E-state index in [2.05, 4.69) is 13.8 Å². The molecule has 1 fully saturated rings. The summed E-state index contributed by atoms with van der Waals surface area (Å²) in [6, 6.07) is 0. The van der Waals surface area contributed by atoms with Crippen LogP contribution in [0.15, 0.2) is 0 Å². The maximum Gasteiger partial charge on any atom is 0.0576 e. The van der Waals surface area contributed by atoms with Gasteiger partial charge in [-0.25, -0.2) is 0 Å². The molecule has 1 N–H and O–H groups in total. The lowest BCUT2D eigenvalue weighted by Crippen LogP contribution is -2.25. The maximum atomic E-state index is 9.97. The second kappa shape index (κ2) is 6.73. The third-order valence-electron chi connectivity index (χ3n) is 3.37. The summed E-state index contributed by atoms with van der Waals surface area (Å²) in [5.74, 6) is 3.80. The van der Waals surface area contributed by atoms with Crippen LogP contribution >= 0.6 is 11.8 Å². The minimum absolute atomic E-state index is 0.0263. The summed E-state index contributed by atoms with van der Waals surface area (Å²) in [6.07, 6.45) is 6.11.